The predicted octanol–water partition coefficient (Wildman–Crippen LogP) is 2.60. The van der Waals surface area contributed by atoms with Gasteiger partial charge in [0.2, 0.25) is 0 Å². The summed E-state index contributed by atoms with van der Waals surface area (Å²) < 4.78 is 17.7. The quantitative estimate of drug-likeness (QED) is 0.876. The minimum absolute atomic E-state index is 0.0554. The zero-order valence-electron chi connectivity index (χ0n) is 13.3. The maximum absolute atomic E-state index is 9.39. The van der Waals surface area contributed by atoms with Crippen LogP contribution in [0.5, 0.6) is 0 Å². The molecule has 0 amide bonds. The highest BCUT2D eigenvalue weighted by Gasteiger charge is 2.52. The van der Waals surface area contributed by atoms with Gasteiger partial charge < -0.3 is 19.3 Å². The van der Waals surface area contributed by atoms with E-state index in [1.165, 1.54) is 0 Å². The fraction of sp³-hybridized carbons (Fsp3) is 0.647. The molecule has 4 heteroatoms. The molecule has 0 unspecified atom stereocenters. The predicted molar refractivity (Wildman–Crippen MR) is 80.7 cm³/mol. The molecule has 4 nitrogen and oxygen atoms in total. The molecule has 1 aromatic carbocycles. The molecule has 1 saturated heterocycles. The number of hydrogen-bond acceptors (Lipinski definition) is 4. The van der Waals surface area contributed by atoms with Crippen molar-refractivity contribution in [3.05, 3.63) is 35.9 Å². The summed E-state index contributed by atoms with van der Waals surface area (Å²) >= 11 is 0. The first-order chi connectivity index (χ1) is 10.0. The normalized spacial score (nSPS) is 34.0. The molecular weight excluding hydrogens is 268 g/mol. The monoisotopic (exact) mass is 294 g/mol. The first kappa shape index (κ1) is 16.4. The number of ether oxygens (including phenoxy) is 3. The van der Waals surface area contributed by atoms with Gasteiger partial charge in [0.1, 0.15) is 6.10 Å². The maximum atomic E-state index is 9.39. The van der Waals surface area contributed by atoms with E-state index in [1.54, 1.807) is 7.11 Å². The Morgan fingerprint density at radius 3 is 2.57 bits per heavy atom. The van der Waals surface area contributed by atoms with E-state index in [0.29, 0.717) is 6.61 Å². The average Bonchev–Trinajstić information content (AvgIpc) is 2.77. The van der Waals surface area contributed by atoms with Crippen LogP contribution in [-0.4, -0.2) is 36.8 Å². The molecule has 1 fully saturated rings. The van der Waals surface area contributed by atoms with Crippen LogP contribution in [0.4, 0.5) is 0 Å². The highest BCUT2D eigenvalue weighted by Crippen LogP contribution is 2.41. The highest BCUT2D eigenvalue weighted by atomic mass is 16.7. The molecule has 0 spiro atoms. The topological polar surface area (TPSA) is 47.9 Å². The molecule has 5 atom stereocenters. The van der Waals surface area contributed by atoms with Crippen LogP contribution < -0.4 is 0 Å². The number of aliphatic hydroxyl groups excluding tert-OH is 1. The van der Waals surface area contributed by atoms with Crippen molar-refractivity contribution >= 4 is 0 Å². The van der Waals surface area contributed by atoms with Crippen molar-refractivity contribution in [3.8, 4) is 0 Å². The van der Waals surface area contributed by atoms with Gasteiger partial charge in [0.05, 0.1) is 12.7 Å². The number of hydrogen-bond donors (Lipinski definition) is 1. The largest absolute Gasteiger partial charge is 0.396 e. The maximum Gasteiger partial charge on any atom is 0.192 e. The van der Waals surface area contributed by atoms with Gasteiger partial charge in [0.25, 0.3) is 0 Å². The summed E-state index contributed by atoms with van der Waals surface area (Å²) in [6.45, 7) is 6.61. The number of rotatable bonds is 6. The van der Waals surface area contributed by atoms with E-state index in [1.807, 2.05) is 44.2 Å². The lowest BCUT2D eigenvalue weighted by Crippen LogP contribution is -2.41. The fourth-order valence-corrected chi connectivity index (χ4v) is 3.06. The number of aliphatic hydroxyl groups is 1. The molecule has 0 radical (unpaired) electrons. The average molecular weight is 294 g/mol. The SMILES string of the molecule is CO[C@]1(C)O[C@@H]([C@@H](C)CO)[C@@H](C)[C@@H]1OCc1ccccc1. The molecule has 1 aliphatic rings. The number of benzene rings is 1. The Morgan fingerprint density at radius 1 is 1.33 bits per heavy atom. The van der Waals surface area contributed by atoms with Crippen LogP contribution in [0.2, 0.25) is 0 Å². The van der Waals surface area contributed by atoms with Gasteiger partial charge in [-0.3, -0.25) is 0 Å². The summed E-state index contributed by atoms with van der Waals surface area (Å²) in [6.07, 6.45) is -0.234. The van der Waals surface area contributed by atoms with Crippen LogP contribution in [0.1, 0.15) is 26.3 Å². The zero-order valence-corrected chi connectivity index (χ0v) is 13.3. The summed E-state index contributed by atoms with van der Waals surface area (Å²) in [5.74, 6) is -0.567. The van der Waals surface area contributed by atoms with E-state index >= 15 is 0 Å². The van der Waals surface area contributed by atoms with E-state index in [-0.39, 0.29) is 30.7 Å². The third-order valence-electron chi connectivity index (χ3n) is 4.41. The van der Waals surface area contributed by atoms with Gasteiger partial charge in [-0.25, -0.2) is 0 Å². The minimum atomic E-state index is -0.776. The van der Waals surface area contributed by atoms with Crippen molar-refractivity contribution in [2.24, 2.45) is 11.8 Å². The fourth-order valence-electron chi connectivity index (χ4n) is 3.06. The lowest BCUT2D eigenvalue weighted by atomic mass is 9.90. The van der Waals surface area contributed by atoms with Crippen LogP contribution in [0.15, 0.2) is 30.3 Å². The minimum Gasteiger partial charge on any atom is -0.396 e. The number of methoxy groups -OCH3 is 1. The Labute approximate surface area is 127 Å². The molecule has 1 N–H and O–H groups in total. The summed E-state index contributed by atoms with van der Waals surface area (Å²) in [7, 11) is 1.64. The Balaban J connectivity index is 2.08. The van der Waals surface area contributed by atoms with E-state index in [4.69, 9.17) is 14.2 Å². The van der Waals surface area contributed by atoms with Crippen molar-refractivity contribution in [2.75, 3.05) is 13.7 Å². The second kappa shape index (κ2) is 6.88. The van der Waals surface area contributed by atoms with E-state index in [2.05, 4.69) is 6.92 Å². The molecule has 1 aromatic rings. The molecule has 118 valence electrons. The van der Waals surface area contributed by atoms with Crippen molar-refractivity contribution < 1.29 is 19.3 Å². The van der Waals surface area contributed by atoms with Gasteiger partial charge in [0.15, 0.2) is 5.79 Å². The Kier molecular flexibility index (Phi) is 5.38. The summed E-state index contributed by atoms with van der Waals surface area (Å²) in [5.41, 5.74) is 1.13. The van der Waals surface area contributed by atoms with Gasteiger partial charge in [-0.1, -0.05) is 44.2 Å². The smallest absolute Gasteiger partial charge is 0.192 e. The molecular formula is C17H26O4. The van der Waals surface area contributed by atoms with E-state index in [9.17, 15) is 5.11 Å². The summed E-state index contributed by atoms with van der Waals surface area (Å²) in [4.78, 5) is 0. The molecule has 2 rings (SSSR count). The third kappa shape index (κ3) is 3.46. The molecule has 0 aromatic heterocycles. The van der Waals surface area contributed by atoms with Gasteiger partial charge >= 0.3 is 0 Å². The Hall–Kier alpha value is -0.940. The van der Waals surface area contributed by atoms with Crippen molar-refractivity contribution in [1.29, 1.82) is 0 Å². The van der Waals surface area contributed by atoms with Gasteiger partial charge in [-0.2, -0.15) is 0 Å². The molecule has 0 saturated carbocycles. The van der Waals surface area contributed by atoms with Crippen LogP contribution in [0.25, 0.3) is 0 Å². The first-order valence-corrected chi connectivity index (χ1v) is 7.51. The Morgan fingerprint density at radius 2 is 2.00 bits per heavy atom. The summed E-state index contributed by atoms with van der Waals surface area (Å²) in [5, 5.41) is 9.39. The summed E-state index contributed by atoms with van der Waals surface area (Å²) in [6, 6.07) is 10.1. The van der Waals surface area contributed by atoms with Crippen molar-refractivity contribution in [2.45, 2.75) is 45.4 Å². The van der Waals surface area contributed by atoms with Gasteiger partial charge in [0, 0.05) is 25.6 Å². The van der Waals surface area contributed by atoms with Crippen LogP contribution in [0, 0.1) is 11.8 Å². The lowest BCUT2D eigenvalue weighted by Gasteiger charge is -2.30. The molecule has 0 aliphatic carbocycles. The lowest BCUT2D eigenvalue weighted by molar-refractivity contribution is -0.247. The molecule has 0 bridgehead atoms. The molecule has 21 heavy (non-hydrogen) atoms. The van der Waals surface area contributed by atoms with Crippen molar-refractivity contribution in [3.63, 3.8) is 0 Å². The first-order valence-electron chi connectivity index (χ1n) is 7.51. The van der Waals surface area contributed by atoms with Crippen molar-refractivity contribution in [1.82, 2.24) is 0 Å². The second-order valence-electron chi connectivity index (χ2n) is 6.04. The van der Waals surface area contributed by atoms with Crippen LogP contribution in [0.3, 0.4) is 0 Å². The third-order valence-corrected chi connectivity index (χ3v) is 4.41. The van der Waals surface area contributed by atoms with Crippen LogP contribution >= 0.6 is 0 Å². The second-order valence-corrected chi connectivity index (χ2v) is 6.04. The molecule has 1 aliphatic heterocycles. The standard InChI is InChI=1S/C17H26O4/c1-12(10-18)15-13(2)16(17(3,19-4)21-15)20-11-14-8-6-5-7-9-14/h5-9,12-13,15-16,18H,10-11H2,1-4H3/t12-,13+,15-,16-,17+/m0/s1. The van der Waals surface area contributed by atoms with E-state index in [0.717, 1.165) is 5.56 Å². The van der Waals surface area contributed by atoms with Crippen LogP contribution in [-0.2, 0) is 20.8 Å². The zero-order chi connectivity index (χ0) is 15.5. The van der Waals surface area contributed by atoms with E-state index < -0.39 is 5.79 Å². The Bertz CT molecular complexity index is 436. The van der Waals surface area contributed by atoms with Gasteiger partial charge in [-0.15, -0.1) is 0 Å². The molecule has 1 heterocycles. The highest BCUT2D eigenvalue weighted by molar-refractivity contribution is 5.13. The van der Waals surface area contributed by atoms with Gasteiger partial charge in [-0.05, 0) is 12.5 Å².